The molecular weight excluding hydrogens is 202 g/mol. The molecule has 1 aliphatic rings. The molecule has 0 aromatic heterocycles. The Morgan fingerprint density at radius 1 is 1.31 bits per heavy atom. The van der Waals surface area contributed by atoms with Crippen molar-refractivity contribution >= 4 is 11.7 Å². The van der Waals surface area contributed by atoms with Crippen LogP contribution in [0.3, 0.4) is 0 Å². The Morgan fingerprint density at radius 3 is 2.81 bits per heavy atom. The molecule has 0 atom stereocenters. The molecule has 2 rings (SSSR count). The fourth-order valence-electron chi connectivity index (χ4n) is 1.65. The standard InChI is InChI=1S/C13H13NO2/c1-16-13(15)11-7-3-4-8-12(11)14-9-5-2-6-10-14/h2-9H,10H2,1H3. The van der Waals surface area contributed by atoms with Crippen LogP contribution in [0.25, 0.3) is 0 Å². The zero-order valence-electron chi connectivity index (χ0n) is 9.09. The molecule has 0 amide bonds. The van der Waals surface area contributed by atoms with Crippen LogP contribution in [-0.2, 0) is 4.74 Å². The highest BCUT2D eigenvalue weighted by Crippen LogP contribution is 2.22. The van der Waals surface area contributed by atoms with Gasteiger partial charge in [-0.15, -0.1) is 0 Å². The highest BCUT2D eigenvalue weighted by atomic mass is 16.5. The van der Waals surface area contributed by atoms with E-state index in [1.54, 1.807) is 6.07 Å². The zero-order chi connectivity index (χ0) is 11.4. The quantitative estimate of drug-likeness (QED) is 0.709. The van der Waals surface area contributed by atoms with Crippen LogP contribution in [-0.4, -0.2) is 19.6 Å². The fourth-order valence-corrected chi connectivity index (χ4v) is 1.65. The third kappa shape index (κ3) is 1.98. The summed E-state index contributed by atoms with van der Waals surface area (Å²) in [6.45, 7) is 0.768. The predicted molar refractivity (Wildman–Crippen MR) is 63.4 cm³/mol. The summed E-state index contributed by atoms with van der Waals surface area (Å²) < 4.78 is 4.76. The molecule has 1 heterocycles. The maximum absolute atomic E-state index is 11.6. The third-order valence-corrected chi connectivity index (χ3v) is 2.43. The molecule has 0 bridgehead atoms. The topological polar surface area (TPSA) is 29.5 Å². The summed E-state index contributed by atoms with van der Waals surface area (Å²) in [5, 5.41) is 0. The van der Waals surface area contributed by atoms with Crippen molar-refractivity contribution in [2.45, 2.75) is 0 Å². The summed E-state index contributed by atoms with van der Waals surface area (Å²) in [5.41, 5.74) is 1.46. The number of hydrogen-bond acceptors (Lipinski definition) is 3. The van der Waals surface area contributed by atoms with E-state index in [4.69, 9.17) is 4.74 Å². The summed E-state index contributed by atoms with van der Waals surface area (Å²) in [6.07, 6.45) is 7.91. The first-order chi connectivity index (χ1) is 7.83. The molecule has 0 saturated heterocycles. The number of benzene rings is 1. The van der Waals surface area contributed by atoms with Crippen LogP contribution in [0.1, 0.15) is 10.4 Å². The van der Waals surface area contributed by atoms with E-state index in [2.05, 4.69) is 0 Å². The monoisotopic (exact) mass is 215 g/mol. The molecule has 82 valence electrons. The molecule has 3 heteroatoms. The minimum Gasteiger partial charge on any atom is -0.465 e. The van der Waals surface area contributed by atoms with Crippen LogP contribution in [0, 0.1) is 0 Å². The average Bonchev–Trinajstić information content (AvgIpc) is 2.39. The number of carbonyl (C=O) groups is 1. The first-order valence-corrected chi connectivity index (χ1v) is 5.10. The van der Waals surface area contributed by atoms with Gasteiger partial charge in [-0.05, 0) is 18.2 Å². The lowest BCUT2D eigenvalue weighted by Crippen LogP contribution is -2.20. The van der Waals surface area contributed by atoms with E-state index >= 15 is 0 Å². The van der Waals surface area contributed by atoms with E-state index in [1.165, 1.54) is 7.11 Å². The number of carbonyl (C=O) groups excluding carboxylic acids is 1. The van der Waals surface area contributed by atoms with Gasteiger partial charge in [0, 0.05) is 12.7 Å². The Morgan fingerprint density at radius 2 is 2.12 bits per heavy atom. The van der Waals surface area contributed by atoms with Gasteiger partial charge < -0.3 is 9.64 Å². The molecule has 0 radical (unpaired) electrons. The fraction of sp³-hybridized carbons (Fsp3) is 0.154. The smallest absolute Gasteiger partial charge is 0.339 e. The highest BCUT2D eigenvalue weighted by Gasteiger charge is 2.14. The number of ether oxygens (including phenoxy) is 1. The molecule has 1 aromatic rings. The number of para-hydroxylation sites is 1. The Kier molecular flexibility index (Phi) is 3.05. The van der Waals surface area contributed by atoms with Crippen molar-refractivity contribution in [1.29, 1.82) is 0 Å². The number of hydrogen-bond donors (Lipinski definition) is 0. The molecular formula is C13H13NO2. The lowest BCUT2D eigenvalue weighted by molar-refractivity contribution is 0.0601. The minimum absolute atomic E-state index is 0.307. The number of rotatable bonds is 2. The van der Waals surface area contributed by atoms with Gasteiger partial charge in [0.25, 0.3) is 0 Å². The van der Waals surface area contributed by atoms with Gasteiger partial charge in [-0.1, -0.05) is 24.3 Å². The van der Waals surface area contributed by atoms with Crippen LogP contribution in [0.4, 0.5) is 5.69 Å². The van der Waals surface area contributed by atoms with Gasteiger partial charge in [0.15, 0.2) is 0 Å². The molecule has 16 heavy (non-hydrogen) atoms. The van der Waals surface area contributed by atoms with Crippen molar-refractivity contribution in [2.24, 2.45) is 0 Å². The molecule has 1 aromatic carbocycles. The van der Waals surface area contributed by atoms with E-state index in [-0.39, 0.29) is 5.97 Å². The van der Waals surface area contributed by atoms with Gasteiger partial charge in [-0.3, -0.25) is 0 Å². The van der Waals surface area contributed by atoms with E-state index in [0.29, 0.717) is 5.56 Å². The SMILES string of the molecule is COC(=O)c1ccccc1N1C=CC=CC1. The Bertz CT molecular complexity index is 449. The number of allylic oxidation sites excluding steroid dienone is 2. The van der Waals surface area contributed by atoms with Crippen molar-refractivity contribution in [3.05, 3.63) is 54.3 Å². The van der Waals surface area contributed by atoms with Crippen molar-refractivity contribution in [1.82, 2.24) is 0 Å². The predicted octanol–water partition coefficient (Wildman–Crippen LogP) is 2.36. The number of esters is 1. The molecule has 0 aliphatic carbocycles. The lowest BCUT2D eigenvalue weighted by atomic mass is 10.1. The lowest BCUT2D eigenvalue weighted by Gasteiger charge is -2.22. The summed E-state index contributed by atoms with van der Waals surface area (Å²) in [6, 6.07) is 7.43. The van der Waals surface area contributed by atoms with Crippen LogP contribution in [0.15, 0.2) is 48.7 Å². The minimum atomic E-state index is -0.307. The molecule has 0 saturated carbocycles. The average molecular weight is 215 g/mol. The summed E-state index contributed by atoms with van der Waals surface area (Å²) in [7, 11) is 1.39. The van der Waals surface area contributed by atoms with Gasteiger partial charge in [-0.25, -0.2) is 4.79 Å². The highest BCUT2D eigenvalue weighted by molar-refractivity contribution is 5.96. The maximum Gasteiger partial charge on any atom is 0.339 e. The Balaban J connectivity index is 2.36. The van der Waals surface area contributed by atoms with Crippen molar-refractivity contribution < 1.29 is 9.53 Å². The van der Waals surface area contributed by atoms with Crippen LogP contribution < -0.4 is 4.90 Å². The first-order valence-electron chi connectivity index (χ1n) is 5.10. The van der Waals surface area contributed by atoms with Gasteiger partial charge in [0.1, 0.15) is 0 Å². The Hall–Kier alpha value is -2.03. The maximum atomic E-state index is 11.6. The third-order valence-electron chi connectivity index (χ3n) is 2.43. The molecule has 0 fully saturated rings. The Labute approximate surface area is 94.6 Å². The van der Waals surface area contributed by atoms with E-state index < -0.39 is 0 Å². The van der Waals surface area contributed by atoms with Crippen molar-refractivity contribution in [2.75, 3.05) is 18.6 Å². The van der Waals surface area contributed by atoms with Gasteiger partial charge >= 0.3 is 5.97 Å². The van der Waals surface area contributed by atoms with Crippen LogP contribution >= 0.6 is 0 Å². The van der Waals surface area contributed by atoms with Gasteiger partial charge in [0.2, 0.25) is 0 Å². The summed E-state index contributed by atoms with van der Waals surface area (Å²) >= 11 is 0. The molecule has 0 N–H and O–H groups in total. The second-order valence-electron chi connectivity index (χ2n) is 3.43. The zero-order valence-corrected chi connectivity index (χ0v) is 9.09. The second-order valence-corrected chi connectivity index (χ2v) is 3.43. The van der Waals surface area contributed by atoms with E-state index in [1.807, 2.05) is 47.5 Å². The number of nitrogens with zero attached hydrogens (tertiary/aromatic N) is 1. The van der Waals surface area contributed by atoms with Gasteiger partial charge in [0.05, 0.1) is 18.4 Å². The first kappa shape index (κ1) is 10.5. The summed E-state index contributed by atoms with van der Waals surface area (Å²) in [5.74, 6) is -0.307. The van der Waals surface area contributed by atoms with Crippen LogP contribution in [0.2, 0.25) is 0 Å². The molecule has 1 aliphatic heterocycles. The largest absolute Gasteiger partial charge is 0.465 e. The molecule has 0 spiro atoms. The molecule has 0 unspecified atom stereocenters. The molecule has 3 nitrogen and oxygen atoms in total. The van der Waals surface area contributed by atoms with Gasteiger partial charge in [-0.2, -0.15) is 0 Å². The normalized spacial score (nSPS) is 13.9. The van der Waals surface area contributed by atoms with Crippen molar-refractivity contribution in [3.8, 4) is 0 Å². The van der Waals surface area contributed by atoms with Crippen molar-refractivity contribution in [3.63, 3.8) is 0 Å². The number of anilines is 1. The van der Waals surface area contributed by atoms with E-state index in [0.717, 1.165) is 12.2 Å². The summed E-state index contributed by atoms with van der Waals surface area (Å²) in [4.78, 5) is 13.6. The second kappa shape index (κ2) is 4.66. The number of methoxy groups -OCH3 is 1. The van der Waals surface area contributed by atoms with Crippen LogP contribution in [0.5, 0.6) is 0 Å². The van der Waals surface area contributed by atoms with E-state index in [9.17, 15) is 4.79 Å².